The van der Waals surface area contributed by atoms with Crippen molar-refractivity contribution in [1.29, 1.82) is 0 Å². The predicted octanol–water partition coefficient (Wildman–Crippen LogP) is 7.25. The third-order valence-electron chi connectivity index (χ3n) is 13.4. The standard InChI is InChI=1S/C54H42B3NO4/c1-30-20-34(5)52-48(22-30)59-44-18-12-10-16-38(44)55(52)40-28-42-46(24-32(40)3)61-50-26-37(58-36-14-8-7-9-15-36)27-51-54(50)57(42)43-29-41(33(4)25-47(43)62-51)56-39-17-11-13-19-45(39)60-49-23-31(2)21-35(6)53(49)56/h7-29,58H,1-6H3. The van der Waals surface area contributed by atoms with Crippen molar-refractivity contribution in [2.45, 2.75) is 41.5 Å². The average molecular weight is 801 g/mol. The molecule has 0 unspecified atom stereocenters. The minimum absolute atomic E-state index is 0.0336. The lowest BCUT2D eigenvalue weighted by molar-refractivity contribution is 0.465. The molecule has 0 aromatic heterocycles. The van der Waals surface area contributed by atoms with Crippen LogP contribution < -0.4 is 73.4 Å². The van der Waals surface area contributed by atoms with Crippen molar-refractivity contribution in [3.8, 4) is 46.0 Å². The summed E-state index contributed by atoms with van der Waals surface area (Å²) in [5.41, 5.74) is 19.5. The normalized spacial score (nSPS) is 13.4. The molecule has 4 aliphatic heterocycles. The molecule has 0 spiro atoms. The van der Waals surface area contributed by atoms with Gasteiger partial charge in [-0.3, -0.25) is 0 Å². The highest BCUT2D eigenvalue weighted by Gasteiger charge is 2.44. The first-order chi connectivity index (χ1) is 30.2. The van der Waals surface area contributed by atoms with Gasteiger partial charge in [-0.15, -0.1) is 0 Å². The van der Waals surface area contributed by atoms with Gasteiger partial charge in [0.15, 0.2) is 0 Å². The van der Waals surface area contributed by atoms with Gasteiger partial charge in [0.1, 0.15) is 46.0 Å². The molecule has 12 rings (SSSR count). The van der Waals surface area contributed by atoms with Crippen LogP contribution in [0.2, 0.25) is 0 Å². The molecule has 8 aromatic carbocycles. The molecule has 8 aromatic rings. The zero-order valence-electron chi connectivity index (χ0n) is 35.6. The van der Waals surface area contributed by atoms with Crippen LogP contribution in [0, 0.1) is 41.5 Å². The fourth-order valence-electron chi connectivity index (χ4n) is 10.8. The van der Waals surface area contributed by atoms with Gasteiger partial charge in [-0.25, -0.2) is 0 Å². The van der Waals surface area contributed by atoms with Crippen LogP contribution in [0.3, 0.4) is 0 Å². The van der Waals surface area contributed by atoms with Gasteiger partial charge in [0.25, 0.3) is 20.1 Å². The number of hydrogen-bond acceptors (Lipinski definition) is 5. The highest BCUT2D eigenvalue weighted by Crippen LogP contribution is 2.39. The second-order valence-electron chi connectivity index (χ2n) is 17.6. The number of rotatable bonds is 4. The lowest BCUT2D eigenvalue weighted by atomic mass is 9.30. The average Bonchev–Trinajstić information content (AvgIpc) is 3.24. The maximum absolute atomic E-state index is 7.05. The molecule has 4 aliphatic rings. The Morgan fingerprint density at radius 3 is 1.23 bits per heavy atom. The number of anilines is 2. The van der Waals surface area contributed by atoms with Crippen molar-refractivity contribution in [2.75, 3.05) is 5.32 Å². The van der Waals surface area contributed by atoms with E-state index in [4.69, 9.17) is 18.9 Å². The maximum atomic E-state index is 7.05. The van der Waals surface area contributed by atoms with Crippen molar-refractivity contribution in [1.82, 2.24) is 0 Å². The molecule has 0 saturated carbocycles. The number of nitrogens with one attached hydrogen (secondary N) is 1. The number of hydrogen-bond donors (Lipinski definition) is 1. The van der Waals surface area contributed by atoms with Gasteiger partial charge in [0.05, 0.1) is 0 Å². The van der Waals surface area contributed by atoms with Gasteiger partial charge < -0.3 is 24.3 Å². The molecular weight excluding hydrogens is 759 g/mol. The van der Waals surface area contributed by atoms with E-state index in [-0.39, 0.29) is 20.1 Å². The van der Waals surface area contributed by atoms with Crippen molar-refractivity contribution in [2.24, 2.45) is 0 Å². The number of benzene rings is 8. The van der Waals surface area contributed by atoms with Crippen LogP contribution in [0.5, 0.6) is 46.0 Å². The van der Waals surface area contributed by atoms with Crippen molar-refractivity contribution >= 4 is 80.7 Å². The molecule has 296 valence electrons. The SMILES string of the molecule is Cc1cc(C)c2c(c1)Oc1ccccc1B2c1cc2c(cc1C)Oc1cc(Nc3ccccc3)cc3c1B2c1cc(B2c4ccccc4Oc4cc(C)cc(C)c42)c(C)cc1O3. The van der Waals surface area contributed by atoms with E-state index in [1.54, 1.807) is 0 Å². The summed E-state index contributed by atoms with van der Waals surface area (Å²) in [6.07, 6.45) is 0. The molecule has 4 heterocycles. The first-order valence-corrected chi connectivity index (χ1v) is 21.6. The van der Waals surface area contributed by atoms with E-state index in [0.717, 1.165) is 95.8 Å². The summed E-state index contributed by atoms with van der Waals surface area (Å²) in [4.78, 5) is 0. The summed E-state index contributed by atoms with van der Waals surface area (Å²) < 4.78 is 27.4. The van der Waals surface area contributed by atoms with Gasteiger partial charge >= 0.3 is 0 Å². The molecule has 0 bridgehead atoms. The molecular formula is C54H42B3NO4. The zero-order chi connectivity index (χ0) is 42.0. The van der Waals surface area contributed by atoms with Crippen LogP contribution >= 0.6 is 0 Å². The summed E-state index contributed by atoms with van der Waals surface area (Å²) in [7, 11) is 0. The lowest BCUT2D eigenvalue weighted by Crippen LogP contribution is -2.62. The Balaban J connectivity index is 1.09. The van der Waals surface area contributed by atoms with E-state index in [0.29, 0.717) is 0 Å². The molecule has 0 fully saturated rings. The molecule has 0 amide bonds. The topological polar surface area (TPSA) is 49.0 Å². The lowest BCUT2D eigenvalue weighted by Gasteiger charge is -2.36. The highest BCUT2D eigenvalue weighted by molar-refractivity contribution is 7.01. The highest BCUT2D eigenvalue weighted by atomic mass is 16.5. The van der Waals surface area contributed by atoms with Crippen molar-refractivity contribution in [3.05, 3.63) is 173 Å². The summed E-state index contributed by atoms with van der Waals surface area (Å²) in [6, 6.07) is 49.8. The third-order valence-corrected chi connectivity index (χ3v) is 13.4. The third kappa shape index (κ3) is 5.66. The van der Waals surface area contributed by atoms with Crippen LogP contribution in [-0.4, -0.2) is 20.1 Å². The summed E-state index contributed by atoms with van der Waals surface area (Å²) >= 11 is 0. The molecule has 8 heteroatoms. The Labute approximate surface area is 363 Å². The van der Waals surface area contributed by atoms with Crippen LogP contribution in [0.1, 0.15) is 33.4 Å². The fraction of sp³-hybridized carbons (Fsp3) is 0.111. The largest absolute Gasteiger partial charge is 0.458 e. The van der Waals surface area contributed by atoms with Gasteiger partial charge in [0, 0.05) is 29.0 Å². The van der Waals surface area contributed by atoms with E-state index < -0.39 is 0 Å². The predicted molar refractivity (Wildman–Crippen MR) is 258 cm³/mol. The smallest absolute Gasteiger partial charge is 0.260 e. The fourth-order valence-corrected chi connectivity index (χ4v) is 10.8. The number of ether oxygens (including phenoxy) is 4. The maximum Gasteiger partial charge on any atom is 0.260 e. The van der Waals surface area contributed by atoms with E-state index in [9.17, 15) is 0 Å². The van der Waals surface area contributed by atoms with E-state index in [1.165, 1.54) is 44.1 Å². The summed E-state index contributed by atoms with van der Waals surface area (Å²) in [5.74, 6) is 6.93. The van der Waals surface area contributed by atoms with E-state index in [2.05, 4.69) is 168 Å². The van der Waals surface area contributed by atoms with Gasteiger partial charge in [-0.1, -0.05) is 112 Å². The Kier molecular flexibility index (Phi) is 8.15. The first-order valence-electron chi connectivity index (χ1n) is 21.6. The van der Waals surface area contributed by atoms with Crippen molar-refractivity contribution < 1.29 is 18.9 Å². The molecule has 1 N–H and O–H groups in total. The zero-order valence-corrected chi connectivity index (χ0v) is 35.6. The van der Waals surface area contributed by atoms with Crippen molar-refractivity contribution in [3.63, 3.8) is 0 Å². The minimum atomic E-state index is -0.167. The van der Waals surface area contributed by atoms with Gasteiger partial charge in [-0.05, 0) is 134 Å². The van der Waals surface area contributed by atoms with Crippen LogP contribution in [0.25, 0.3) is 0 Å². The Bertz CT molecular complexity index is 3030. The van der Waals surface area contributed by atoms with E-state index in [1.807, 2.05) is 18.2 Å². The number of para-hydroxylation sites is 3. The molecule has 0 aliphatic carbocycles. The van der Waals surface area contributed by atoms with Crippen LogP contribution in [0.15, 0.2) is 140 Å². The minimum Gasteiger partial charge on any atom is -0.458 e. The quantitative estimate of drug-likeness (QED) is 0.190. The van der Waals surface area contributed by atoms with Crippen LogP contribution in [0.4, 0.5) is 11.4 Å². The number of aryl methyl sites for hydroxylation is 6. The Morgan fingerprint density at radius 1 is 0.306 bits per heavy atom. The van der Waals surface area contributed by atoms with E-state index >= 15 is 0 Å². The second-order valence-corrected chi connectivity index (χ2v) is 17.6. The first kappa shape index (κ1) is 36.8. The molecule has 0 saturated heterocycles. The molecule has 0 radical (unpaired) electrons. The van der Waals surface area contributed by atoms with Gasteiger partial charge in [-0.2, -0.15) is 0 Å². The Hall–Kier alpha value is -7.05. The van der Waals surface area contributed by atoms with Crippen LogP contribution in [-0.2, 0) is 0 Å². The monoisotopic (exact) mass is 801 g/mol. The second kappa shape index (κ2) is 13.7. The summed E-state index contributed by atoms with van der Waals surface area (Å²) in [6.45, 7) is 12.9. The molecule has 62 heavy (non-hydrogen) atoms. The molecule has 5 nitrogen and oxygen atoms in total. The molecule has 0 atom stereocenters. The van der Waals surface area contributed by atoms with Gasteiger partial charge in [0.2, 0.25) is 0 Å². The summed E-state index contributed by atoms with van der Waals surface area (Å²) in [5, 5.41) is 3.61. The number of fused-ring (bicyclic) bond motifs is 8. The Morgan fingerprint density at radius 2 is 0.726 bits per heavy atom.